The molecule has 5 heteroatoms. The van der Waals surface area contributed by atoms with E-state index in [1.807, 2.05) is 0 Å². The van der Waals surface area contributed by atoms with Gasteiger partial charge in [0.25, 0.3) is 0 Å². The monoisotopic (exact) mass is 261 g/mol. The van der Waals surface area contributed by atoms with Crippen LogP contribution in [-0.4, -0.2) is 17.6 Å². The van der Waals surface area contributed by atoms with Gasteiger partial charge in [-0.2, -0.15) is 0 Å². The molecule has 0 spiro atoms. The third-order valence-electron chi connectivity index (χ3n) is 1.21. The van der Waals surface area contributed by atoms with Crippen LogP contribution in [0, 0.1) is 0 Å². The largest absolute Gasteiger partial charge is 0.461 e. The highest BCUT2D eigenvalue weighted by molar-refractivity contribution is 9.11. The van der Waals surface area contributed by atoms with Crippen molar-refractivity contribution in [3.8, 4) is 0 Å². The Hall–Kier alpha value is -0.680. The van der Waals surface area contributed by atoms with Crippen molar-refractivity contribution < 1.29 is 9.53 Å². The summed E-state index contributed by atoms with van der Waals surface area (Å²) in [6.45, 7) is 2.14. The zero-order valence-electron chi connectivity index (χ0n) is 6.99. The molecule has 0 saturated heterocycles. The molecule has 0 aliphatic rings. The number of rotatable bonds is 3. The molecule has 0 bridgehead atoms. The van der Waals surface area contributed by atoms with Crippen LogP contribution in [0.3, 0.4) is 0 Å². The Labute approximate surface area is 88.6 Å². The van der Waals surface area contributed by atoms with E-state index in [4.69, 9.17) is 4.74 Å². The molecule has 0 unspecified atom stereocenters. The molecule has 0 radical (unpaired) electrons. The van der Waals surface area contributed by atoms with Gasteiger partial charge in [0, 0.05) is 5.38 Å². The Bertz CT molecular complexity index is 322. The number of thiazole rings is 1. The lowest BCUT2D eigenvalue weighted by Gasteiger charge is -1.95. The summed E-state index contributed by atoms with van der Waals surface area (Å²) < 4.78 is 4.79. The van der Waals surface area contributed by atoms with Gasteiger partial charge in [0.1, 0.15) is 5.01 Å². The lowest BCUT2D eigenvalue weighted by Crippen LogP contribution is -2.04. The third kappa shape index (κ3) is 2.93. The molecule has 0 aliphatic carbocycles. The fourth-order valence-corrected chi connectivity index (χ4v) is 1.82. The van der Waals surface area contributed by atoms with Gasteiger partial charge < -0.3 is 4.74 Å². The summed E-state index contributed by atoms with van der Waals surface area (Å²) in [7, 11) is 0. The number of carbonyl (C=O) groups is 1. The van der Waals surface area contributed by atoms with Gasteiger partial charge in [-0.05, 0) is 18.0 Å². The van der Waals surface area contributed by atoms with Gasteiger partial charge in [-0.3, -0.25) is 0 Å². The number of carbonyl (C=O) groups excluding carboxylic acids is 1. The molecule has 1 heterocycles. The van der Waals surface area contributed by atoms with Crippen molar-refractivity contribution in [1.29, 1.82) is 0 Å². The van der Waals surface area contributed by atoms with Crippen LogP contribution in [0.1, 0.15) is 22.4 Å². The second-order valence-electron chi connectivity index (χ2n) is 2.08. The summed E-state index contributed by atoms with van der Waals surface area (Å²) in [6.07, 6.45) is 1.77. The molecule has 1 aromatic heterocycles. The van der Waals surface area contributed by atoms with E-state index in [0.717, 1.165) is 5.01 Å². The minimum atomic E-state index is -0.368. The molecule has 70 valence electrons. The normalized spacial score (nSPS) is 10.6. The zero-order valence-corrected chi connectivity index (χ0v) is 9.39. The molecule has 13 heavy (non-hydrogen) atoms. The Morgan fingerprint density at radius 3 is 3.23 bits per heavy atom. The van der Waals surface area contributed by atoms with Crippen LogP contribution in [0.2, 0.25) is 0 Å². The molecule has 0 saturated carbocycles. The number of nitrogens with zero attached hydrogens (tertiary/aromatic N) is 1. The van der Waals surface area contributed by atoms with Gasteiger partial charge >= 0.3 is 5.97 Å². The number of aromatic nitrogens is 1. The third-order valence-corrected chi connectivity index (χ3v) is 2.29. The molecule has 0 N–H and O–H groups in total. The van der Waals surface area contributed by atoms with E-state index in [-0.39, 0.29) is 5.97 Å². The van der Waals surface area contributed by atoms with Crippen molar-refractivity contribution in [3.05, 3.63) is 21.1 Å². The molecular weight excluding hydrogens is 254 g/mol. The van der Waals surface area contributed by atoms with Crippen molar-refractivity contribution >= 4 is 39.3 Å². The first-order valence-electron chi connectivity index (χ1n) is 3.67. The van der Waals surface area contributed by atoms with Crippen LogP contribution in [-0.2, 0) is 4.74 Å². The Balaban J connectivity index is 2.73. The zero-order chi connectivity index (χ0) is 9.68. The van der Waals surface area contributed by atoms with Gasteiger partial charge in [0.15, 0.2) is 5.69 Å². The molecule has 0 aliphatic heterocycles. The van der Waals surface area contributed by atoms with Gasteiger partial charge in [-0.25, -0.2) is 9.78 Å². The van der Waals surface area contributed by atoms with E-state index in [2.05, 4.69) is 20.9 Å². The molecule has 1 rings (SSSR count). The fraction of sp³-hybridized carbons (Fsp3) is 0.250. The van der Waals surface area contributed by atoms with E-state index in [0.29, 0.717) is 12.3 Å². The van der Waals surface area contributed by atoms with E-state index in [1.54, 1.807) is 23.4 Å². The van der Waals surface area contributed by atoms with Crippen LogP contribution in [0.4, 0.5) is 0 Å². The molecule has 3 nitrogen and oxygen atoms in total. The number of hydrogen-bond donors (Lipinski definition) is 0. The molecule has 0 aromatic carbocycles. The minimum absolute atomic E-state index is 0.368. The van der Waals surface area contributed by atoms with E-state index >= 15 is 0 Å². The first-order valence-corrected chi connectivity index (χ1v) is 5.47. The summed E-state index contributed by atoms with van der Waals surface area (Å²) in [5.74, 6) is -0.368. The summed E-state index contributed by atoms with van der Waals surface area (Å²) >= 11 is 4.53. The van der Waals surface area contributed by atoms with E-state index in [1.165, 1.54) is 11.3 Å². The second kappa shape index (κ2) is 5.14. The van der Waals surface area contributed by atoms with Crippen LogP contribution < -0.4 is 0 Å². The van der Waals surface area contributed by atoms with Crippen molar-refractivity contribution in [1.82, 2.24) is 4.98 Å². The summed E-state index contributed by atoms with van der Waals surface area (Å²) in [5.41, 5.74) is 0.368. The summed E-state index contributed by atoms with van der Waals surface area (Å²) in [6, 6.07) is 0. The summed E-state index contributed by atoms with van der Waals surface area (Å²) in [5, 5.41) is 2.46. The fourth-order valence-electron chi connectivity index (χ4n) is 0.717. The maximum atomic E-state index is 11.1. The molecular formula is C8H8BrNO2S. The van der Waals surface area contributed by atoms with Gasteiger partial charge in [-0.1, -0.05) is 15.9 Å². The standard InChI is InChI=1S/C8H8BrNO2S/c1-2-12-8(11)6-5-13-7(10-6)3-4-9/h3-5H,2H2,1H3/b4-3+. The number of hydrogen-bond acceptors (Lipinski definition) is 4. The number of ether oxygens (including phenoxy) is 1. The molecule has 1 aromatic rings. The first-order chi connectivity index (χ1) is 6.27. The second-order valence-corrected chi connectivity index (χ2v) is 3.50. The Kier molecular flexibility index (Phi) is 4.11. The first kappa shape index (κ1) is 10.4. The van der Waals surface area contributed by atoms with Crippen molar-refractivity contribution in [3.63, 3.8) is 0 Å². The van der Waals surface area contributed by atoms with Crippen molar-refractivity contribution in [2.45, 2.75) is 6.92 Å². The topological polar surface area (TPSA) is 39.2 Å². The Morgan fingerprint density at radius 1 is 1.85 bits per heavy atom. The molecule has 0 fully saturated rings. The van der Waals surface area contributed by atoms with E-state index < -0.39 is 0 Å². The van der Waals surface area contributed by atoms with Crippen LogP contribution in [0.5, 0.6) is 0 Å². The van der Waals surface area contributed by atoms with Crippen molar-refractivity contribution in [2.24, 2.45) is 0 Å². The highest BCUT2D eigenvalue weighted by atomic mass is 79.9. The quantitative estimate of drug-likeness (QED) is 0.786. The maximum absolute atomic E-state index is 11.1. The van der Waals surface area contributed by atoms with Crippen molar-refractivity contribution in [2.75, 3.05) is 6.61 Å². The number of esters is 1. The van der Waals surface area contributed by atoms with Gasteiger partial charge in [0.2, 0.25) is 0 Å². The highest BCUT2D eigenvalue weighted by Gasteiger charge is 2.09. The van der Waals surface area contributed by atoms with Gasteiger partial charge in [0.05, 0.1) is 6.61 Å². The Morgan fingerprint density at radius 2 is 2.62 bits per heavy atom. The van der Waals surface area contributed by atoms with E-state index in [9.17, 15) is 4.79 Å². The van der Waals surface area contributed by atoms with Crippen LogP contribution >= 0.6 is 27.3 Å². The minimum Gasteiger partial charge on any atom is -0.461 e. The average Bonchev–Trinajstić information content (AvgIpc) is 2.54. The number of halogens is 1. The lowest BCUT2D eigenvalue weighted by atomic mass is 10.5. The maximum Gasteiger partial charge on any atom is 0.357 e. The van der Waals surface area contributed by atoms with Gasteiger partial charge in [-0.15, -0.1) is 11.3 Å². The van der Waals surface area contributed by atoms with Crippen LogP contribution in [0.15, 0.2) is 10.4 Å². The predicted molar refractivity (Wildman–Crippen MR) is 56.0 cm³/mol. The molecule has 0 atom stereocenters. The predicted octanol–water partition coefficient (Wildman–Crippen LogP) is 2.69. The lowest BCUT2D eigenvalue weighted by molar-refractivity contribution is 0.0520. The molecule has 0 amide bonds. The SMILES string of the molecule is CCOC(=O)c1csc(/C=C/Br)n1. The average molecular weight is 262 g/mol. The van der Waals surface area contributed by atoms with Crippen LogP contribution in [0.25, 0.3) is 6.08 Å². The smallest absolute Gasteiger partial charge is 0.357 e. The highest BCUT2D eigenvalue weighted by Crippen LogP contribution is 2.12. The summed E-state index contributed by atoms with van der Waals surface area (Å²) in [4.78, 5) is 16.9.